The van der Waals surface area contributed by atoms with E-state index >= 15 is 0 Å². The van der Waals surface area contributed by atoms with Gasteiger partial charge in [0, 0.05) is 18.0 Å². The first-order chi connectivity index (χ1) is 15.8. The van der Waals surface area contributed by atoms with Gasteiger partial charge in [-0.2, -0.15) is 0 Å². The van der Waals surface area contributed by atoms with Crippen LogP contribution in [-0.4, -0.2) is 16.6 Å². The van der Waals surface area contributed by atoms with Crippen LogP contribution >= 0.6 is 0 Å². The maximum Gasteiger partial charge on any atom is 0.159 e. The third-order valence-electron chi connectivity index (χ3n) is 7.20. The van der Waals surface area contributed by atoms with E-state index in [0.717, 1.165) is 36.1 Å². The van der Waals surface area contributed by atoms with Crippen molar-refractivity contribution in [1.82, 2.24) is 9.97 Å². The Morgan fingerprint density at radius 2 is 1.34 bits per heavy atom. The zero-order chi connectivity index (χ0) is 22.4. The van der Waals surface area contributed by atoms with Gasteiger partial charge in [-0.05, 0) is 73.8 Å². The lowest BCUT2D eigenvalue weighted by Gasteiger charge is -2.27. The standard InChI is InChI=1S/C29H44N2O/c1-3-5-6-7-8-9-10-11-12-21-32-28-19-17-26(18-20-28)29-30-22-27(23-31-29)25-15-13-24(4-2)14-16-25/h17-20,22-25H,3-16,21H2,1-2H3. The van der Waals surface area contributed by atoms with E-state index in [0.29, 0.717) is 5.92 Å². The maximum atomic E-state index is 5.93. The van der Waals surface area contributed by atoms with Crippen molar-refractivity contribution < 1.29 is 4.74 Å². The maximum absolute atomic E-state index is 5.93. The third kappa shape index (κ3) is 8.22. The summed E-state index contributed by atoms with van der Waals surface area (Å²) in [6.07, 6.45) is 22.7. The van der Waals surface area contributed by atoms with Gasteiger partial charge in [0.1, 0.15) is 5.75 Å². The van der Waals surface area contributed by atoms with Crippen molar-refractivity contribution in [1.29, 1.82) is 0 Å². The summed E-state index contributed by atoms with van der Waals surface area (Å²) < 4.78 is 5.93. The summed E-state index contributed by atoms with van der Waals surface area (Å²) in [4.78, 5) is 9.34. The number of hydrogen-bond acceptors (Lipinski definition) is 3. The zero-order valence-corrected chi connectivity index (χ0v) is 20.5. The molecule has 1 saturated carbocycles. The minimum absolute atomic E-state index is 0.642. The van der Waals surface area contributed by atoms with Crippen molar-refractivity contribution in [3.63, 3.8) is 0 Å². The molecule has 1 aromatic carbocycles. The molecule has 1 fully saturated rings. The van der Waals surface area contributed by atoms with E-state index in [-0.39, 0.29) is 0 Å². The Bertz CT molecular complexity index is 733. The van der Waals surface area contributed by atoms with E-state index in [9.17, 15) is 0 Å². The molecule has 0 radical (unpaired) electrons. The van der Waals surface area contributed by atoms with E-state index in [1.54, 1.807) is 0 Å². The Labute approximate surface area is 196 Å². The Kier molecular flexibility index (Phi) is 11.0. The van der Waals surface area contributed by atoms with E-state index in [2.05, 4.69) is 35.9 Å². The van der Waals surface area contributed by atoms with Crippen molar-refractivity contribution in [2.75, 3.05) is 6.61 Å². The fraction of sp³-hybridized carbons (Fsp3) is 0.655. The average Bonchev–Trinajstić information content (AvgIpc) is 2.86. The fourth-order valence-corrected chi connectivity index (χ4v) is 4.90. The molecule has 3 rings (SSSR count). The third-order valence-corrected chi connectivity index (χ3v) is 7.20. The van der Waals surface area contributed by atoms with Gasteiger partial charge < -0.3 is 4.74 Å². The van der Waals surface area contributed by atoms with Crippen LogP contribution in [0.25, 0.3) is 11.4 Å². The molecule has 2 aromatic rings. The van der Waals surface area contributed by atoms with Crippen LogP contribution in [0, 0.1) is 5.92 Å². The van der Waals surface area contributed by atoms with Crippen LogP contribution in [0.1, 0.15) is 115 Å². The summed E-state index contributed by atoms with van der Waals surface area (Å²) in [6.45, 7) is 5.40. The molecule has 1 aliphatic rings. The van der Waals surface area contributed by atoms with Crippen LogP contribution < -0.4 is 4.74 Å². The monoisotopic (exact) mass is 436 g/mol. The number of ether oxygens (including phenoxy) is 1. The second kappa shape index (κ2) is 14.3. The molecular weight excluding hydrogens is 392 g/mol. The number of nitrogens with zero attached hydrogens (tertiary/aromatic N) is 2. The smallest absolute Gasteiger partial charge is 0.159 e. The molecule has 32 heavy (non-hydrogen) atoms. The molecule has 0 atom stereocenters. The molecule has 3 nitrogen and oxygen atoms in total. The van der Waals surface area contributed by atoms with Gasteiger partial charge in [-0.3, -0.25) is 0 Å². The van der Waals surface area contributed by atoms with Crippen LogP contribution in [0.4, 0.5) is 0 Å². The van der Waals surface area contributed by atoms with Crippen LogP contribution in [0.5, 0.6) is 5.75 Å². The highest BCUT2D eigenvalue weighted by atomic mass is 16.5. The predicted octanol–water partition coefficient (Wildman–Crippen LogP) is 8.74. The van der Waals surface area contributed by atoms with E-state index in [1.807, 2.05) is 24.5 Å². The molecule has 176 valence electrons. The minimum atomic E-state index is 0.642. The van der Waals surface area contributed by atoms with E-state index in [4.69, 9.17) is 4.74 Å². The lowest BCUT2D eigenvalue weighted by molar-refractivity contribution is 0.304. The molecule has 0 bridgehead atoms. The predicted molar refractivity (Wildman–Crippen MR) is 135 cm³/mol. The minimum Gasteiger partial charge on any atom is -0.494 e. The molecule has 0 N–H and O–H groups in total. The van der Waals surface area contributed by atoms with Gasteiger partial charge in [-0.25, -0.2) is 9.97 Å². The average molecular weight is 437 g/mol. The van der Waals surface area contributed by atoms with Gasteiger partial charge in [0.15, 0.2) is 5.82 Å². The van der Waals surface area contributed by atoms with Crippen molar-refractivity contribution >= 4 is 0 Å². The first-order valence-corrected chi connectivity index (χ1v) is 13.3. The zero-order valence-electron chi connectivity index (χ0n) is 20.5. The normalized spacial score (nSPS) is 18.6. The number of benzene rings is 1. The number of unbranched alkanes of at least 4 members (excludes halogenated alkanes) is 8. The fourth-order valence-electron chi connectivity index (χ4n) is 4.90. The highest BCUT2D eigenvalue weighted by Gasteiger charge is 2.21. The van der Waals surface area contributed by atoms with Crippen molar-refractivity contribution in [3.05, 3.63) is 42.2 Å². The van der Waals surface area contributed by atoms with E-state index in [1.165, 1.54) is 89.0 Å². The molecule has 0 spiro atoms. The second-order valence-corrected chi connectivity index (χ2v) is 9.67. The van der Waals surface area contributed by atoms with Crippen LogP contribution in [0.2, 0.25) is 0 Å². The second-order valence-electron chi connectivity index (χ2n) is 9.67. The molecule has 1 heterocycles. The molecule has 0 unspecified atom stereocenters. The van der Waals surface area contributed by atoms with Crippen molar-refractivity contribution in [2.24, 2.45) is 5.92 Å². The number of hydrogen-bond donors (Lipinski definition) is 0. The SMILES string of the molecule is CCCCCCCCCCCOc1ccc(-c2ncc(C3CCC(CC)CC3)cn2)cc1. The Morgan fingerprint density at radius 3 is 1.94 bits per heavy atom. The summed E-state index contributed by atoms with van der Waals surface area (Å²) in [6, 6.07) is 8.25. The number of aromatic nitrogens is 2. The summed E-state index contributed by atoms with van der Waals surface area (Å²) in [5, 5.41) is 0. The van der Waals surface area contributed by atoms with Gasteiger partial charge in [0.2, 0.25) is 0 Å². The lowest BCUT2D eigenvalue weighted by atomic mass is 9.78. The molecule has 1 aliphatic carbocycles. The van der Waals surface area contributed by atoms with Gasteiger partial charge >= 0.3 is 0 Å². The molecule has 1 aromatic heterocycles. The van der Waals surface area contributed by atoms with Gasteiger partial charge in [-0.1, -0.05) is 71.6 Å². The summed E-state index contributed by atoms with van der Waals surface area (Å²) >= 11 is 0. The summed E-state index contributed by atoms with van der Waals surface area (Å²) in [5.41, 5.74) is 2.37. The summed E-state index contributed by atoms with van der Waals surface area (Å²) in [5.74, 6) is 3.32. The van der Waals surface area contributed by atoms with Crippen LogP contribution in [-0.2, 0) is 0 Å². The van der Waals surface area contributed by atoms with Gasteiger partial charge in [0.05, 0.1) is 6.61 Å². The molecule has 3 heteroatoms. The molecule has 0 amide bonds. The highest BCUT2D eigenvalue weighted by molar-refractivity contribution is 5.56. The van der Waals surface area contributed by atoms with Crippen LogP contribution in [0.15, 0.2) is 36.7 Å². The first-order valence-electron chi connectivity index (χ1n) is 13.3. The summed E-state index contributed by atoms with van der Waals surface area (Å²) in [7, 11) is 0. The molecule has 0 saturated heterocycles. The largest absolute Gasteiger partial charge is 0.494 e. The van der Waals surface area contributed by atoms with Crippen molar-refractivity contribution in [2.45, 2.75) is 110 Å². The Hall–Kier alpha value is -1.90. The quantitative estimate of drug-likeness (QED) is 0.278. The first kappa shape index (κ1) is 24.7. The Morgan fingerprint density at radius 1 is 0.750 bits per heavy atom. The molecular formula is C29H44N2O. The number of rotatable bonds is 14. The topological polar surface area (TPSA) is 35.0 Å². The van der Waals surface area contributed by atoms with Crippen molar-refractivity contribution in [3.8, 4) is 17.1 Å². The lowest BCUT2D eigenvalue weighted by Crippen LogP contribution is -2.13. The van der Waals surface area contributed by atoms with Gasteiger partial charge in [-0.15, -0.1) is 0 Å². The molecule has 0 aliphatic heterocycles. The highest BCUT2D eigenvalue weighted by Crippen LogP contribution is 2.36. The van der Waals surface area contributed by atoms with Crippen LogP contribution in [0.3, 0.4) is 0 Å². The van der Waals surface area contributed by atoms with Gasteiger partial charge in [0.25, 0.3) is 0 Å². The Balaban J connectivity index is 1.34. The van der Waals surface area contributed by atoms with E-state index < -0.39 is 0 Å².